The number of amides is 1. The van der Waals surface area contributed by atoms with Crippen LogP contribution in [0.5, 0.6) is 5.75 Å². The van der Waals surface area contributed by atoms with Gasteiger partial charge in [0.05, 0.1) is 6.61 Å². The van der Waals surface area contributed by atoms with Gasteiger partial charge in [0.2, 0.25) is 0 Å². The van der Waals surface area contributed by atoms with E-state index in [-0.39, 0.29) is 17.4 Å². The predicted molar refractivity (Wildman–Crippen MR) is 108 cm³/mol. The maximum Gasteiger partial charge on any atom is 0.262 e. The smallest absolute Gasteiger partial charge is 0.262 e. The Hall–Kier alpha value is -2.08. The van der Waals surface area contributed by atoms with Gasteiger partial charge in [0.15, 0.2) is 11.5 Å². The third-order valence-electron chi connectivity index (χ3n) is 6.71. The number of rotatable bonds is 5. The Morgan fingerprint density at radius 3 is 2.61 bits per heavy atom. The zero-order chi connectivity index (χ0) is 19.9. The van der Waals surface area contributed by atoms with Gasteiger partial charge in [0.25, 0.3) is 5.91 Å². The number of nitrogens with two attached hydrogens (primary N) is 1. The number of benzene rings is 1. The monoisotopic (exact) mass is 385 g/mol. The molecule has 1 saturated carbocycles. The molecule has 0 bridgehead atoms. The van der Waals surface area contributed by atoms with E-state index in [9.17, 15) is 4.79 Å². The van der Waals surface area contributed by atoms with Crippen LogP contribution < -0.4 is 10.5 Å². The normalized spacial score (nSPS) is 25.6. The molecule has 2 aliphatic carbocycles. The molecule has 1 heterocycles. The molecule has 4 rings (SSSR count). The number of hydrogen-bond acceptors (Lipinski definition) is 5. The number of guanidine groups is 1. The molecule has 0 aromatic heterocycles. The number of carbonyl (C=O) groups excluding carboxylic acids is 1. The van der Waals surface area contributed by atoms with Crippen LogP contribution in [0.4, 0.5) is 0 Å². The van der Waals surface area contributed by atoms with E-state index >= 15 is 0 Å². The van der Waals surface area contributed by atoms with E-state index in [2.05, 4.69) is 6.07 Å². The fourth-order valence-electron chi connectivity index (χ4n) is 5.50. The van der Waals surface area contributed by atoms with Crippen molar-refractivity contribution in [2.75, 3.05) is 20.3 Å². The Morgan fingerprint density at radius 1 is 1.21 bits per heavy atom. The first kappa shape index (κ1) is 19.2. The van der Waals surface area contributed by atoms with E-state index in [1.54, 1.807) is 12.0 Å². The van der Waals surface area contributed by atoms with Crippen LogP contribution in [-0.2, 0) is 21.5 Å². The molecule has 0 radical (unpaired) electrons. The van der Waals surface area contributed by atoms with Gasteiger partial charge in [-0.25, -0.2) is 4.99 Å². The van der Waals surface area contributed by atoms with Crippen LogP contribution in [0, 0.1) is 5.41 Å². The number of nitrogens with zero attached hydrogens (tertiary/aromatic N) is 2. The average Bonchev–Trinajstić information content (AvgIpc) is 3.08. The maximum absolute atomic E-state index is 13.9. The van der Waals surface area contributed by atoms with Crippen molar-refractivity contribution in [3.05, 3.63) is 29.3 Å². The fourth-order valence-corrected chi connectivity index (χ4v) is 5.50. The van der Waals surface area contributed by atoms with Crippen LogP contribution >= 0.6 is 0 Å². The first-order valence-corrected chi connectivity index (χ1v) is 10.4. The second-order valence-corrected chi connectivity index (χ2v) is 8.63. The molecule has 152 valence electrons. The van der Waals surface area contributed by atoms with Gasteiger partial charge in [-0.3, -0.25) is 9.69 Å². The maximum atomic E-state index is 13.9. The van der Waals surface area contributed by atoms with Gasteiger partial charge >= 0.3 is 0 Å². The summed E-state index contributed by atoms with van der Waals surface area (Å²) in [5.41, 5.74) is 7.43. The van der Waals surface area contributed by atoms with Crippen molar-refractivity contribution in [1.29, 1.82) is 0 Å². The Balaban J connectivity index is 1.82. The highest BCUT2D eigenvalue weighted by Crippen LogP contribution is 2.62. The molecule has 6 nitrogen and oxygen atoms in total. The van der Waals surface area contributed by atoms with E-state index in [0.717, 1.165) is 43.4 Å². The van der Waals surface area contributed by atoms with E-state index in [0.29, 0.717) is 19.2 Å². The molecule has 1 unspecified atom stereocenters. The molecule has 2 N–H and O–H groups in total. The third-order valence-corrected chi connectivity index (χ3v) is 6.71. The standard InChI is InChI=1S/C22H31N3O3/c1-15(2)25-19(26)22(24-20(25)23)18-13-17(28-12-11-27-3)8-7-16(18)14-21(22)9-5-4-6-10-21/h7-8,13,15H,4-6,9-12,14H2,1-3H3,(H2,23,24). The number of carbonyl (C=O) groups is 1. The highest BCUT2D eigenvalue weighted by Gasteiger charge is 2.66. The minimum absolute atomic E-state index is 0.0125. The Kier molecular flexibility index (Phi) is 4.86. The van der Waals surface area contributed by atoms with Gasteiger partial charge < -0.3 is 15.2 Å². The Bertz CT molecular complexity index is 798. The molecule has 1 aromatic rings. The summed E-state index contributed by atoms with van der Waals surface area (Å²) in [6.07, 6.45) is 6.40. The lowest BCUT2D eigenvalue weighted by atomic mass is 9.62. The molecular formula is C22H31N3O3. The van der Waals surface area contributed by atoms with Crippen molar-refractivity contribution in [1.82, 2.24) is 4.90 Å². The van der Waals surface area contributed by atoms with Gasteiger partial charge in [0, 0.05) is 18.6 Å². The number of aliphatic imine (C=N–C) groups is 1. The molecule has 0 saturated heterocycles. The molecule has 2 spiro atoms. The summed E-state index contributed by atoms with van der Waals surface area (Å²) in [4.78, 5) is 20.5. The summed E-state index contributed by atoms with van der Waals surface area (Å²) in [6, 6.07) is 6.12. The average molecular weight is 386 g/mol. The van der Waals surface area contributed by atoms with Gasteiger partial charge in [0.1, 0.15) is 12.4 Å². The largest absolute Gasteiger partial charge is 0.491 e. The zero-order valence-corrected chi connectivity index (χ0v) is 17.2. The molecule has 1 fully saturated rings. The van der Waals surface area contributed by atoms with Crippen LogP contribution in [0.2, 0.25) is 0 Å². The molecule has 1 amide bonds. The molecular weight excluding hydrogens is 354 g/mol. The van der Waals surface area contributed by atoms with Crippen LogP contribution in [0.3, 0.4) is 0 Å². The van der Waals surface area contributed by atoms with E-state index in [1.165, 1.54) is 12.0 Å². The predicted octanol–water partition coefficient (Wildman–Crippen LogP) is 2.98. The van der Waals surface area contributed by atoms with Crippen molar-refractivity contribution in [3.8, 4) is 5.75 Å². The van der Waals surface area contributed by atoms with Crippen molar-refractivity contribution < 1.29 is 14.3 Å². The van der Waals surface area contributed by atoms with Crippen LogP contribution in [0.1, 0.15) is 57.1 Å². The van der Waals surface area contributed by atoms with E-state index < -0.39 is 5.54 Å². The highest BCUT2D eigenvalue weighted by atomic mass is 16.5. The van der Waals surface area contributed by atoms with Gasteiger partial charge in [-0.1, -0.05) is 25.3 Å². The van der Waals surface area contributed by atoms with E-state index in [1.807, 2.05) is 26.0 Å². The van der Waals surface area contributed by atoms with Crippen LogP contribution in [-0.4, -0.2) is 43.1 Å². The summed E-state index contributed by atoms with van der Waals surface area (Å²) in [7, 11) is 1.66. The molecule has 1 aromatic carbocycles. The second kappa shape index (κ2) is 7.07. The summed E-state index contributed by atoms with van der Waals surface area (Å²) in [5.74, 6) is 1.14. The van der Waals surface area contributed by atoms with Gasteiger partial charge in [-0.05, 0) is 56.4 Å². The summed E-state index contributed by atoms with van der Waals surface area (Å²) in [5, 5.41) is 0. The van der Waals surface area contributed by atoms with Crippen LogP contribution in [0.25, 0.3) is 0 Å². The fraction of sp³-hybridized carbons (Fsp3) is 0.636. The third kappa shape index (κ3) is 2.65. The first-order chi connectivity index (χ1) is 13.4. The first-order valence-electron chi connectivity index (χ1n) is 10.4. The van der Waals surface area contributed by atoms with Crippen molar-refractivity contribution in [3.63, 3.8) is 0 Å². The topological polar surface area (TPSA) is 77.2 Å². The molecule has 1 aliphatic heterocycles. The molecule has 1 atom stereocenters. The quantitative estimate of drug-likeness (QED) is 0.791. The SMILES string of the molecule is COCCOc1ccc2c(c1)C1(N=C(N)N(C(C)C)C1=O)C1(CCCCC1)C2. The number of hydrogen-bond donors (Lipinski definition) is 1. The minimum atomic E-state index is -0.905. The number of fused-ring (bicyclic) bond motifs is 3. The molecule has 3 aliphatic rings. The number of methoxy groups -OCH3 is 1. The van der Waals surface area contributed by atoms with Crippen LogP contribution in [0.15, 0.2) is 23.2 Å². The Morgan fingerprint density at radius 2 is 1.96 bits per heavy atom. The second-order valence-electron chi connectivity index (χ2n) is 8.63. The zero-order valence-electron chi connectivity index (χ0n) is 17.2. The molecule has 28 heavy (non-hydrogen) atoms. The van der Waals surface area contributed by atoms with E-state index in [4.69, 9.17) is 20.2 Å². The van der Waals surface area contributed by atoms with Gasteiger partial charge in [-0.15, -0.1) is 0 Å². The highest BCUT2D eigenvalue weighted by molar-refractivity contribution is 6.08. The summed E-state index contributed by atoms with van der Waals surface area (Å²) < 4.78 is 10.9. The minimum Gasteiger partial charge on any atom is -0.491 e. The lowest BCUT2D eigenvalue weighted by molar-refractivity contribution is -0.138. The van der Waals surface area contributed by atoms with Crippen molar-refractivity contribution in [2.45, 2.75) is 64.0 Å². The molecule has 6 heteroatoms. The van der Waals surface area contributed by atoms with Crippen molar-refractivity contribution >= 4 is 11.9 Å². The number of ether oxygens (including phenoxy) is 2. The van der Waals surface area contributed by atoms with Gasteiger partial charge in [-0.2, -0.15) is 0 Å². The lowest BCUT2D eigenvalue weighted by Gasteiger charge is -2.43. The Labute approximate surface area is 167 Å². The summed E-state index contributed by atoms with van der Waals surface area (Å²) >= 11 is 0. The van der Waals surface area contributed by atoms with Crippen molar-refractivity contribution in [2.24, 2.45) is 16.1 Å². The summed E-state index contributed by atoms with van der Waals surface area (Å²) in [6.45, 7) is 4.99. The lowest BCUT2D eigenvalue weighted by Crippen LogP contribution is -2.52.